The number of anilines is 2. The van der Waals surface area contributed by atoms with Gasteiger partial charge in [0.25, 0.3) is 0 Å². The number of likely N-dealkylation sites (N-methyl/N-ethyl adjacent to an activating group) is 1. The van der Waals surface area contributed by atoms with E-state index in [-0.39, 0.29) is 0 Å². The van der Waals surface area contributed by atoms with E-state index in [1.807, 2.05) is 42.3 Å². The van der Waals surface area contributed by atoms with Crippen molar-refractivity contribution >= 4 is 11.6 Å². The zero-order valence-electron chi connectivity index (χ0n) is 12.5. The number of aliphatic hydroxyl groups is 1. The number of hydrazine groups is 1. The summed E-state index contributed by atoms with van der Waals surface area (Å²) >= 11 is 0. The van der Waals surface area contributed by atoms with Crippen LogP contribution in [0.15, 0.2) is 36.4 Å². The highest BCUT2D eigenvalue weighted by Crippen LogP contribution is 2.22. The molecule has 21 heavy (non-hydrogen) atoms. The molecule has 0 aliphatic rings. The summed E-state index contributed by atoms with van der Waals surface area (Å²) in [6.45, 7) is 3.96. The summed E-state index contributed by atoms with van der Waals surface area (Å²) in [4.78, 5) is 10.8. The van der Waals surface area contributed by atoms with Gasteiger partial charge >= 0.3 is 0 Å². The lowest BCUT2D eigenvalue weighted by molar-refractivity contribution is 0.0884. The Morgan fingerprint density at radius 2 is 1.90 bits per heavy atom. The molecule has 1 aromatic carbocycles. The van der Waals surface area contributed by atoms with E-state index in [4.69, 9.17) is 5.84 Å². The van der Waals surface area contributed by atoms with Crippen LogP contribution in [0.3, 0.4) is 0 Å². The number of rotatable bonds is 5. The van der Waals surface area contributed by atoms with Crippen molar-refractivity contribution in [3.05, 3.63) is 36.4 Å². The minimum Gasteiger partial charge on any atom is -0.389 e. The predicted octanol–water partition coefficient (Wildman–Crippen LogP) is 1.64. The second kappa shape index (κ2) is 6.07. The maximum absolute atomic E-state index is 9.94. The van der Waals surface area contributed by atoms with Gasteiger partial charge in [0.2, 0.25) is 0 Å². The van der Waals surface area contributed by atoms with E-state index in [1.54, 1.807) is 19.9 Å². The zero-order chi connectivity index (χ0) is 15.5. The molecule has 6 nitrogen and oxygen atoms in total. The van der Waals surface area contributed by atoms with E-state index < -0.39 is 5.60 Å². The Balaban J connectivity index is 2.39. The van der Waals surface area contributed by atoms with Crippen molar-refractivity contribution in [1.82, 2.24) is 9.97 Å². The van der Waals surface area contributed by atoms with Crippen molar-refractivity contribution in [2.45, 2.75) is 19.4 Å². The smallest absolute Gasteiger partial charge is 0.163 e. The summed E-state index contributed by atoms with van der Waals surface area (Å²) < 4.78 is 0. The van der Waals surface area contributed by atoms with Gasteiger partial charge < -0.3 is 15.4 Å². The molecule has 0 atom stereocenters. The molecule has 0 bridgehead atoms. The average molecular weight is 287 g/mol. The van der Waals surface area contributed by atoms with Crippen LogP contribution in [0.25, 0.3) is 11.4 Å². The number of nitrogens with two attached hydrogens (primary N) is 1. The van der Waals surface area contributed by atoms with Gasteiger partial charge in [-0.05, 0) is 13.8 Å². The SMILES string of the molecule is CN(CC(C)(C)O)c1cc(NN)nc(-c2ccccc2)n1. The Labute approximate surface area is 124 Å². The molecule has 1 heterocycles. The molecular formula is C15H21N5O. The lowest BCUT2D eigenvalue weighted by atomic mass is 10.1. The third-order valence-corrected chi connectivity index (χ3v) is 2.91. The Bertz CT molecular complexity index is 595. The highest BCUT2D eigenvalue weighted by atomic mass is 16.3. The van der Waals surface area contributed by atoms with E-state index in [1.165, 1.54) is 0 Å². The van der Waals surface area contributed by atoms with E-state index in [0.717, 1.165) is 5.56 Å². The lowest BCUT2D eigenvalue weighted by Gasteiger charge is -2.26. The summed E-state index contributed by atoms with van der Waals surface area (Å²) in [5.41, 5.74) is 2.65. The summed E-state index contributed by atoms with van der Waals surface area (Å²) in [6, 6.07) is 11.4. The number of benzene rings is 1. The first-order chi connectivity index (χ1) is 9.89. The molecule has 2 aromatic rings. The minimum atomic E-state index is -0.817. The maximum atomic E-state index is 9.94. The van der Waals surface area contributed by atoms with Crippen LogP contribution in [0.2, 0.25) is 0 Å². The molecule has 4 N–H and O–H groups in total. The molecule has 0 saturated carbocycles. The van der Waals surface area contributed by atoms with Crippen LogP contribution in [0.4, 0.5) is 11.6 Å². The summed E-state index contributed by atoms with van der Waals surface area (Å²) in [6.07, 6.45) is 0. The first-order valence-electron chi connectivity index (χ1n) is 6.74. The third kappa shape index (κ3) is 4.14. The molecule has 0 spiro atoms. The fraction of sp³-hybridized carbons (Fsp3) is 0.333. The molecule has 1 aromatic heterocycles. The number of nitrogens with zero attached hydrogens (tertiary/aromatic N) is 3. The molecule has 0 aliphatic heterocycles. The number of hydrogen-bond donors (Lipinski definition) is 3. The number of nitrogen functional groups attached to an aromatic ring is 1. The monoisotopic (exact) mass is 287 g/mol. The van der Waals surface area contributed by atoms with Gasteiger partial charge in [0.15, 0.2) is 5.82 Å². The number of hydrogen-bond acceptors (Lipinski definition) is 6. The van der Waals surface area contributed by atoms with Gasteiger partial charge in [-0.25, -0.2) is 15.8 Å². The standard InChI is InChI=1S/C15H21N5O/c1-15(2,21)10-20(3)13-9-12(19-16)17-14(18-13)11-7-5-4-6-8-11/h4-9,21H,10,16H2,1-3H3,(H,17,18,19). The fourth-order valence-corrected chi connectivity index (χ4v) is 2.08. The zero-order valence-corrected chi connectivity index (χ0v) is 12.5. The van der Waals surface area contributed by atoms with Gasteiger partial charge in [-0.2, -0.15) is 0 Å². The van der Waals surface area contributed by atoms with Crippen LogP contribution >= 0.6 is 0 Å². The van der Waals surface area contributed by atoms with E-state index in [2.05, 4.69) is 15.4 Å². The first kappa shape index (κ1) is 15.2. The largest absolute Gasteiger partial charge is 0.389 e. The topological polar surface area (TPSA) is 87.3 Å². The van der Waals surface area contributed by atoms with Crippen molar-refractivity contribution in [1.29, 1.82) is 0 Å². The second-order valence-electron chi connectivity index (χ2n) is 5.61. The number of nitrogens with one attached hydrogen (secondary N) is 1. The van der Waals surface area contributed by atoms with Crippen molar-refractivity contribution in [2.24, 2.45) is 5.84 Å². The Morgan fingerprint density at radius 1 is 1.24 bits per heavy atom. The Morgan fingerprint density at radius 3 is 2.48 bits per heavy atom. The van der Waals surface area contributed by atoms with Crippen molar-refractivity contribution < 1.29 is 5.11 Å². The molecule has 0 unspecified atom stereocenters. The second-order valence-corrected chi connectivity index (χ2v) is 5.61. The van der Waals surface area contributed by atoms with Crippen LogP contribution in [0.1, 0.15) is 13.8 Å². The number of aromatic nitrogens is 2. The van der Waals surface area contributed by atoms with Crippen LogP contribution in [0, 0.1) is 0 Å². The highest BCUT2D eigenvalue weighted by molar-refractivity contribution is 5.61. The molecule has 0 saturated heterocycles. The average Bonchev–Trinajstić information content (AvgIpc) is 2.46. The Kier molecular flexibility index (Phi) is 4.40. The first-order valence-corrected chi connectivity index (χ1v) is 6.74. The van der Waals surface area contributed by atoms with E-state index in [0.29, 0.717) is 24.0 Å². The van der Waals surface area contributed by atoms with Gasteiger partial charge in [-0.15, -0.1) is 0 Å². The van der Waals surface area contributed by atoms with E-state index in [9.17, 15) is 5.11 Å². The highest BCUT2D eigenvalue weighted by Gasteiger charge is 2.18. The van der Waals surface area contributed by atoms with Gasteiger partial charge in [0.05, 0.1) is 5.60 Å². The van der Waals surface area contributed by atoms with Crippen LogP contribution < -0.4 is 16.2 Å². The molecule has 0 aliphatic carbocycles. The molecule has 0 fully saturated rings. The minimum absolute atomic E-state index is 0.447. The van der Waals surface area contributed by atoms with Crippen molar-refractivity contribution in [2.75, 3.05) is 23.9 Å². The van der Waals surface area contributed by atoms with Crippen LogP contribution in [-0.4, -0.2) is 34.3 Å². The molecule has 6 heteroatoms. The fourth-order valence-electron chi connectivity index (χ4n) is 2.08. The molecule has 0 amide bonds. The van der Waals surface area contributed by atoms with Gasteiger partial charge in [-0.1, -0.05) is 30.3 Å². The third-order valence-electron chi connectivity index (χ3n) is 2.91. The van der Waals surface area contributed by atoms with Gasteiger partial charge in [0, 0.05) is 25.2 Å². The molecule has 2 rings (SSSR count). The molecular weight excluding hydrogens is 266 g/mol. The van der Waals surface area contributed by atoms with Crippen molar-refractivity contribution in [3.63, 3.8) is 0 Å². The van der Waals surface area contributed by atoms with Gasteiger partial charge in [0.1, 0.15) is 11.6 Å². The summed E-state index contributed by atoms with van der Waals surface area (Å²) in [5, 5.41) is 9.94. The van der Waals surface area contributed by atoms with Crippen molar-refractivity contribution in [3.8, 4) is 11.4 Å². The summed E-state index contributed by atoms with van der Waals surface area (Å²) in [7, 11) is 1.87. The molecule has 0 radical (unpaired) electrons. The molecule has 112 valence electrons. The maximum Gasteiger partial charge on any atom is 0.163 e. The van der Waals surface area contributed by atoms with Crippen LogP contribution in [-0.2, 0) is 0 Å². The van der Waals surface area contributed by atoms with E-state index >= 15 is 0 Å². The Hall–Kier alpha value is -2.18. The predicted molar refractivity (Wildman–Crippen MR) is 84.8 cm³/mol. The summed E-state index contributed by atoms with van der Waals surface area (Å²) in [5.74, 6) is 7.29. The lowest BCUT2D eigenvalue weighted by Crippen LogP contribution is -2.36. The van der Waals surface area contributed by atoms with Gasteiger partial charge in [-0.3, -0.25) is 0 Å². The van der Waals surface area contributed by atoms with Crippen LogP contribution in [0.5, 0.6) is 0 Å². The quantitative estimate of drug-likeness (QED) is 0.572. The normalized spacial score (nSPS) is 11.3.